The third-order valence-electron chi connectivity index (χ3n) is 3.02. The Morgan fingerprint density at radius 3 is 3.00 bits per heavy atom. The molecule has 108 valence electrons. The van der Waals surface area contributed by atoms with E-state index in [1.54, 1.807) is 0 Å². The SMILES string of the molecule is CCSc1n[nH]c(NC(=O)c2oc3ccccc3c2C)n1. The van der Waals surface area contributed by atoms with Gasteiger partial charge in [0.15, 0.2) is 5.76 Å². The van der Waals surface area contributed by atoms with Crippen molar-refractivity contribution in [1.29, 1.82) is 0 Å². The number of benzene rings is 1. The summed E-state index contributed by atoms with van der Waals surface area (Å²) in [6, 6.07) is 7.55. The largest absolute Gasteiger partial charge is 0.451 e. The number of hydrogen-bond donors (Lipinski definition) is 2. The molecule has 0 aliphatic heterocycles. The molecule has 0 saturated carbocycles. The van der Waals surface area contributed by atoms with E-state index in [-0.39, 0.29) is 11.7 Å². The predicted molar refractivity (Wildman–Crippen MR) is 81.7 cm³/mol. The Balaban J connectivity index is 1.84. The van der Waals surface area contributed by atoms with Gasteiger partial charge in [-0.1, -0.05) is 36.9 Å². The number of carbonyl (C=O) groups excluding carboxylic acids is 1. The van der Waals surface area contributed by atoms with Gasteiger partial charge in [-0.2, -0.15) is 4.98 Å². The number of aromatic amines is 1. The van der Waals surface area contributed by atoms with E-state index in [1.807, 2.05) is 38.1 Å². The minimum atomic E-state index is -0.340. The number of carbonyl (C=O) groups is 1. The number of furan rings is 1. The molecule has 0 bridgehead atoms. The van der Waals surface area contributed by atoms with Crippen molar-refractivity contribution in [1.82, 2.24) is 15.2 Å². The van der Waals surface area contributed by atoms with Crippen LogP contribution >= 0.6 is 11.8 Å². The summed E-state index contributed by atoms with van der Waals surface area (Å²) in [7, 11) is 0. The van der Waals surface area contributed by atoms with Crippen LogP contribution in [0.5, 0.6) is 0 Å². The first-order chi connectivity index (χ1) is 10.2. The summed E-state index contributed by atoms with van der Waals surface area (Å²) < 4.78 is 5.61. The van der Waals surface area contributed by atoms with Crippen molar-refractivity contribution in [3.8, 4) is 0 Å². The summed E-state index contributed by atoms with van der Waals surface area (Å²) >= 11 is 1.50. The number of amides is 1. The van der Waals surface area contributed by atoms with Crippen molar-refractivity contribution in [2.45, 2.75) is 19.0 Å². The second kappa shape index (κ2) is 5.61. The lowest BCUT2D eigenvalue weighted by molar-refractivity contribution is 0.0997. The lowest BCUT2D eigenvalue weighted by Crippen LogP contribution is -2.13. The van der Waals surface area contributed by atoms with Crippen molar-refractivity contribution in [3.05, 3.63) is 35.6 Å². The van der Waals surface area contributed by atoms with Crippen LogP contribution in [0.4, 0.5) is 5.95 Å². The summed E-state index contributed by atoms with van der Waals surface area (Å²) in [5.74, 6) is 1.13. The Morgan fingerprint density at radius 1 is 1.43 bits per heavy atom. The summed E-state index contributed by atoms with van der Waals surface area (Å²) in [5.41, 5.74) is 1.51. The average Bonchev–Trinajstić information content (AvgIpc) is 3.05. The van der Waals surface area contributed by atoms with Gasteiger partial charge in [0.1, 0.15) is 5.58 Å². The van der Waals surface area contributed by atoms with E-state index in [0.29, 0.717) is 16.7 Å². The molecule has 2 aromatic heterocycles. The quantitative estimate of drug-likeness (QED) is 0.723. The molecule has 0 atom stereocenters. The number of H-pyrrole nitrogens is 1. The summed E-state index contributed by atoms with van der Waals surface area (Å²) in [5, 5.41) is 10.9. The van der Waals surface area contributed by atoms with Crippen LogP contribution in [0.3, 0.4) is 0 Å². The molecule has 0 saturated heterocycles. The van der Waals surface area contributed by atoms with Gasteiger partial charge in [-0.15, -0.1) is 5.10 Å². The van der Waals surface area contributed by atoms with Gasteiger partial charge in [0.2, 0.25) is 11.1 Å². The molecular formula is C14H14N4O2S. The number of anilines is 1. The summed E-state index contributed by atoms with van der Waals surface area (Å²) in [6.07, 6.45) is 0. The molecule has 0 fully saturated rings. The van der Waals surface area contributed by atoms with Gasteiger partial charge in [-0.25, -0.2) is 5.10 Å². The molecule has 2 N–H and O–H groups in total. The van der Waals surface area contributed by atoms with Gasteiger partial charge >= 0.3 is 0 Å². The lowest BCUT2D eigenvalue weighted by Gasteiger charge is -1.98. The summed E-state index contributed by atoms with van der Waals surface area (Å²) in [4.78, 5) is 16.4. The monoisotopic (exact) mass is 302 g/mol. The van der Waals surface area contributed by atoms with Crippen LogP contribution in [0.1, 0.15) is 23.0 Å². The number of aromatic nitrogens is 3. The van der Waals surface area contributed by atoms with E-state index in [1.165, 1.54) is 11.8 Å². The highest BCUT2D eigenvalue weighted by Gasteiger charge is 2.18. The maximum atomic E-state index is 12.3. The van der Waals surface area contributed by atoms with Gasteiger partial charge in [-0.05, 0) is 18.7 Å². The topological polar surface area (TPSA) is 83.8 Å². The normalized spacial score (nSPS) is 11.0. The first-order valence-electron chi connectivity index (χ1n) is 6.53. The van der Waals surface area contributed by atoms with Crippen LogP contribution < -0.4 is 5.32 Å². The number of nitrogens with one attached hydrogen (secondary N) is 2. The fourth-order valence-corrected chi connectivity index (χ4v) is 2.58. The Hall–Kier alpha value is -2.28. The minimum Gasteiger partial charge on any atom is -0.451 e. The Morgan fingerprint density at radius 2 is 2.24 bits per heavy atom. The molecule has 2 heterocycles. The summed E-state index contributed by atoms with van der Waals surface area (Å²) in [6.45, 7) is 3.87. The standard InChI is InChI=1S/C14H14N4O2S/c1-3-21-14-16-13(17-18-14)15-12(19)11-8(2)9-6-4-5-7-10(9)20-11/h4-7H,3H2,1-2H3,(H2,15,16,17,18,19). The molecule has 0 unspecified atom stereocenters. The number of rotatable bonds is 4. The predicted octanol–water partition coefficient (Wildman–Crippen LogP) is 3.22. The van der Waals surface area contributed by atoms with Crippen LogP contribution in [0.15, 0.2) is 33.8 Å². The van der Waals surface area contributed by atoms with Crippen molar-refractivity contribution < 1.29 is 9.21 Å². The lowest BCUT2D eigenvalue weighted by atomic mass is 10.1. The Labute approximate surface area is 125 Å². The molecule has 0 radical (unpaired) electrons. The number of para-hydroxylation sites is 1. The van der Waals surface area contributed by atoms with E-state index < -0.39 is 0 Å². The number of fused-ring (bicyclic) bond motifs is 1. The van der Waals surface area contributed by atoms with E-state index in [0.717, 1.165) is 16.7 Å². The van der Waals surface area contributed by atoms with Crippen LogP contribution in [0.2, 0.25) is 0 Å². The highest BCUT2D eigenvalue weighted by Crippen LogP contribution is 2.25. The number of aryl methyl sites for hydroxylation is 1. The second-order valence-electron chi connectivity index (χ2n) is 4.41. The molecule has 0 aliphatic rings. The molecule has 3 rings (SSSR count). The number of nitrogens with zero attached hydrogens (tertiary/aromatic N) is 2. The van der Waals surface area contributed by atoms with Crippen LogP contribution in [0.25, 0.3) is 11.0 Å². The van der Waals surface area contributed by atoms with Gasteiger partial charge in [-0.3, -0.25) is 10.1 Å². The van der Waals surface area contributed by atoms with Gasteiger partial charge in [0.25, 0.3) is 5.91 Å². The first-order valence-corrected chi connectivity index (χ1v) is 7.52. The van der Waals surface area contributed by atoms with E-state index in [9.17, 15) is 4.79 Å². The third kappa shape index (κ3) is 2.64. The van der Waals surface area contributed by atoms with Gasteiger partial charge in [0.05, 0.1) is 0 Å². The Bertz CT molecular complexity index is 793. The van der Waals surface area contributed by atoms with Gasteiger partial charge < -0.3 is 4.42 Å². The fourth-order valence-electron chi connectivity index (χ4n) is 2.05. The molecule has 7 heteroatoms. The van der Waals surface area contributed by atoms with Crippen molar-refractivity contribution in [2.75, 3.05) is 11.1 Å². The molecule has 0 spiro atoms. The zero-order valence-corrected chi connectivity index (χ0v) is 12.5. The van der Waals surface area contributed by atoms with E-state index >= 15 is 0 Å². The second-order valence-corrected chi connectivity index (χ2v) is 5.64. The number of hydrogen-bond acceptors (Lipinski definition) is 5. The zero-order valence-electron chi connectivity index (χ0n) is 11.6. The van der Waals surface area contributed by atoms with Gasteiger partial charge in [0, 0.05) is 10.9 Å². The van der Waals surface area contributed by atoms with Crippen molar-refractivity contribution >= 4 is 34.6 Å². The van der Waals surface area contributed by atoms with Crippen LogP contribution in [0, 0.1) is 6.92 Å². The fraction of sp³-hybridized carbons (Fsp3) is 0.214. The van der Waals surface area contributed by atoms with E-state index in [2.05, 4.69) is 20.5 Å². The maximum Gasteiger partial charge on any atom is 0.294 e. The molecule has 6 nitrogen and oxygen atoms in total. The zero-order chi connectivity index (χ0) is 14.8. The maximum absolute atomic E-state index is 12.3. The molecule has 1 aromatic carbocycles. The van der Waals surface area contributed by atoms with Crippen molar-refractivity contribution in [2.24, 2.45) is 0 Å². The van der Waals surface area contributed by atoms with Crippen LogP contribution in [-0.2, 0) is 0 Å². The highest BCUT2D eigenvalue weighted by molar-refractivity contribution is 7.99. The van der Waals surface area contributed by atoms with E-state index in [4.69, 9.17) is 4.42 Å². The molecule has 1 amide bonds. The molecule has 0 aliphatic carbocycles. The van der Waals surface area contributed by atoms with Crippen LogP contribution in [-0.4, -0.2) is 26.8 Å². The smallest absolute Gasteiger partial charge is 0.294 e. The molecule has 3 aromatic rings. The highest BCUT2D eigenvalue weighted by atomic mass is 32.2. The Kier molecular flexibility index (Phi) is 3.66. The first kappa shape index (κ1) is 13.7. The minimum absolute atomic E-state index is 0.289. The third-order valence-corrected chi connectivity index (χ3v) is 3.75. The molecular weight excluding hydrogens is 288 g/mol. The van der Waals surface area contributed by atoms with Crippen molar-refractivity contribution in [3.63, 3.8) is 0 Å². The molecule has 21 heavy (non-hydrogen) atoms. The average molecular weight is 302 g/mol. The number of thioether (sulfide) groups is 1.